The van der Waals surface area contributed by atoms with Crippen molar-refractivity contribution in [3.63, 3.8) is 0 Å². The molecule has 0 nitrogen and oxygen atoms in total. The van der Waals surface area contributed by atoms with Gasteiger partial charge in [0, 0.05) is 0 Å². The number of hydrogen-bond acceptors (Lipinski definition) is 0. The van der Waals surface area contributed by atoms with Crippen molar-refractivity contribution in [1.82, 2.24) is 0 Å². The zero-order valence-corrected chi connectivity index (χ0v) is 21.0. The molecule has 0 aliphatic rings. The Morgan fingerprint density at radius 3 is 1.53 bits per heavy atom. The molecule has 0 spiro atoms. The highest BCUT2D eigenvalue weighted by Gasteiger charge is 2.20. The van der Waals surface area contributed by atoms with E-state index in [4.69, 9.17) is 0 Å². The summed E-state index contributed by atoms with van der Waals surface area (Å²) in [6, 6.07) is 57.1. The molecule has 0 heteroatoms. The molecule has 0 fully saturated rings. The Morgan fingerprint density at radius 2 is 0.816 bits per heavy atom. The predicted octanol–water partition coefficient (Wildman–Crippen LogP) is 10.7. The molecule has 0 radical (unpaired) electrons. The van der Waals surface area contributed by atoms with E-state index in [9.17, 15) is 0 Å². The summed E-state index contributed by atoms with van der Waals surface area (Å²) in [6.07, 6.45) is 0. The van der Waals surface area contributed by atoms with Crippen LogP contribution in [0.5, 0.6) is 0 Å². The maximum atomic E-state index is 2.35. The molecule has 0 atom stereocenters. The SMILES string of the molecule is c1ccc(-c2ccc(-c3ccccc3)c(-c3cccc4ccccc34)c2-c2ccc3ccccc3c2)cc1. The van der Waals surface area contributed by atoms with Crippen LogP contribution in [0.3, 0.4) is 0 Å². The van der Waals surface area contributed by atoms with Crippen LogP contribution >= 0.6 is 0 Å². The van der Waals surface area contributed by atoms with Crippen LogP contribution in [0.15, 0.2) is 158 Å². The lowest BCUT2D eigenvalue weighted by atomic mass is 9.81. The molecule has 0 saturated carbocycles. The quantitative estimate of drug-likeness (QED) is 0.234. The van der Waals surface area contributed by atoms with Gasteiger partial charge in [0.2, 0.25) is 0 Å². The smallest absolute Gasteiger partial charge is 0.00143 e. The van der Waals surface area contributed by atoms with Crippen LogP contribution in [0.25, 0.3) is 66.1 Å². The molecule has 0 bridgehead atoms. The van der Waals surface area contributed by atoms with Gasteiger partial charge in [0.25, 0.3) is 0 Å². The highest BCUT2D eigenvalue weighted by molar-refractivity contribution is 6.09. The number of fused-ring (bicyclic) bond motifs is 2. The lowest BCUT2D eigenvalue weighted by molar-refractivity contribution is 1.56. The van der Waals surface area contributed by atoms with E-state index >= 15 is 0 Å². The van der Waals surface area contributed by atoms with Gasteiger partial charge >= 0.3 is 0 Å². The van der Waals surface area contributed by atoms with Crippen molar-refractivity contribution in [3.05, 3.63) is 158 Å². The number of benzene rings is 7. The van der Waals surface area contributed by atoms with Crippen LogP contribution in [0.1, 0.15) is 0 Å². The van der Waals surface area contributed by atoms with Crippen LogP contribution in [0, 0.1) is 0 Å². The van der Waals surface area contributed by atoms with Gasteiger partial charge < -0.3 is 0 Å². The topological polar surface area (TPSA) is 0 Å². The maximum absolute atomic E-state index is 2.35. The second kappa shape index (κ2) is 9.50. The molecule has 0 saturated heterocycles. The molecule has 178 valence electrons. The molecular formula is C38H26. The van der Waals surface area contributed by atoms with Crippen molar-refractivity contribution in [1.29, 1.82) is 0 Å². The van der Waals surface area contributed by atoms with Gasteiger partial charge in [-0.05, 0) is 72.1 Å². The average molecular weight is 483 g/mol. The first-order chi connectivity index (χ1) is 18.9. The molecule has 38 heavy (non-hydrogen) atoms. The predicted molar refractivity (Wildman–Crippen MR) is 163 cm³/mol. The molecule has 0 amide bonds. The van der Waals surface area contributed by atoms with Crippen molar-refractivity contribution >= 4 is 21.5 Å². The zero-order valence-electron chi connectivity index (χ0n) is 21.0. The minimum Gasteiger partial charge on any atom is -0.0622 e. The Labute approximate surface area is 223 Å². The Morgan fingerprint density at radius 1 is 0.263 bits per heavy atom. The van der Waals surface area contributed by atoms with E-state index in [2.05, 4.69) is 158 Å². The highest BCUT2D eigenvalue weighted by Crippen LogP contribution is 2.47. The van der Waals surface area contributed by atoms with E-state index in [-0.39, 0.29) is 0 Å². The molecule has 0 aliphatic carbocycles. The monoisotopic (exact) mass is 482 g/mol. The lowest BCUT2D eigenvalue weighted by Gasteiger charge is -2.22. The van der Waals surface area contributed by atoms with Crippen molar-refractivity contribution in [2.45, 2.75) is 0 Å². The molecule has 0 aromatic heterocycles. The van der Waals surface area contributed by atoms with Gasteiger partial charge in [0.05, 0.1) is 0 Å². The van der Waals surface area contributed by atoms with E-state index in [1.807, 2.05) is 0 Å². The van der Waals surface area contributed by atoms with Gasteiger partial charge in [-0.3, -0.25) is 0 Å². The molecule has 0 heterocycles. The molecular weight excluding hydrogens is 456 g/mol. The Bertz CT molecular complexity index is 1890. The zero-order chi connectivity index (χ0) is 25.3. The maximum Gasteiger partial charge on any atom is -0.00143 e. The van der Waals surface area contributed by atoms with Gasteiger partial charge in [0.15, 0.2) is 0 Å². The summed E-state index contributed by atoms with van der Waals surface area (Å²) in [5.74, 6) is 0. The summed E-state index contributed by atoms with van der Waals surface area (Å²) in [7, 11) is 0. The summed E-state index contributed by atoms with van der Waals surface area (Å²) in [4.78, 5) is 0. The molecule has 0 aliphatic heterocycles. The highest BCUT2D eigenvalue weighted by atomic mass is 14.2. The van der Waals surface area contributed by atoms with Crippen molar-refractivity contribution in [2.75, 3.05) is 0 Å². The molecule has 0 unspecified atom stereocenters. The van der Waals surface area contributed by atoms with Gasteiger partial charge in [-0.1, -0.05) is 152 Å². The Balaban J connectivity index is 1.66. The first kappa shape index (κ1) is 22.3. The van der Waals surface area contributed by atoms with Crippen molar-refractivity contribution in [2.24, 2.45) is 0 Å². The summed E-state index contributed by atoms with van der Waals surface area (Å²) >= 11 is 0. The lowest BCUT2D eigenvalue weighted by Crippen LogP contribution is -1.95. The third kappa shape index (κ3) is 3.88. The van der Waals surface area contributed by atoms with Crippen molar-refractivity contribution < 1.29 is 0 Å². The summed E-state index contributed by atoms with van der Waals surface area (Å²) in [6.45, 7) is 0. The third-order valence-electron chi connectivity index (χ3n) is 7.47. The number of hydrogen-bond donors (Lipinski definition) is 0. The Kier molecular flexibility index (Phi) is 5.57. The normalized spacial score (nSPS) is 11.2. The van der Waals surface area contributed by atoms with Crippen LogP contribution in [0.4, 0.5) is 0 Å². The average Bonchev–Trinajstić information content (AvgIpc) is 3.01. The van der Waals surface area contributed by atoms with Gasteiger partial charge in [-0.15, -0.1) is 0 Å². The largest absolute Gasteiger partial charge is 0.0622 e. The van der Waals surface area contributed by atoms with Crippen LogP contribution < -0.4 is 0 Å². The first-order valence-electron chi connectivity index (χ1n) is 13.1. The fourth-order valence-corrected chi connectivity index (χ4v) is 5.69. The van der Waals surface area contributed by atoms with E-state index in [1.165, 1.54) is 66.1 Å². The second-order valence-electron chi connectivity index (χ2n) is 9.73. The van der Waals surface area contributed by atoms with Crippen LogP contribution in [-0.2, 0) is 0 Å². The van der Waals surface area contributed by atoms with Crippen molar-refractivity contribution in [3.8, 4) is 44.5 Å². The van der Waals surface area contributed by atoms with E-state index in [0.29, 0.717) is 0 Å². The summed E-state index contributed by atoms with van der Waals surface area (Å²) < 4.78 is 0. The first-order valence-corrected chi connectivity index (χ1v) is 13.1. The van der Waals surface area contributed by atoms with E-state index < -0.39 is 0 Å². The minimum absolute atomic E-state index is 1.22. The van der Waals surface area contributed by atoms with Gasteiger partial charge in [0.1, 0.15) is 0 Å². The van der Waals surface area contributed by atoms with E-state index in [0.717, 1.165) is 0 Å². The standard InChI is InChI=1S/C38H26/c1-3-13-29(14-4-1)34-24-25-35(30-15-5-2-6-16-30)38(36-21-11-19-28-17-9-10-20-33(28)36)37(34)32-23-22-27-12-7-8-18-31(27)26-32/h1-26H. The van der Waals surface area contributed by atoms with Gasteiger partial charge in [-0.2, -0.15) is 0 Å². The fourth-order valence-electron chi connectivity index (χ4n) is 5.69. The molecule has 7 rings (SSSR count). The Hall–Kier alpha value is -4.94. The van der Waals surface area contributed by atoms with Crippen LogP contribution in [0.2, 0.25) is 0 Å². The number of rotatable bonds is 4. The molecule has 7 aromatic rings. The minimum atomic E-state index is 1.22. The second-order valence-corrected chi connectivity index (χ2v) is 9.73. The molecule has 0 N–H and O–H groups in total. The van der Waals surface area contributed by atoms with Gasteiger partial charge in [-0.25, -0.2) is 0 Å². The molecule has 7 aromatic carbocycles. The third-order valence-corrected chi connectivity index (χ3v) is 7.47. The van der Waals surface area contributed by atoms with Crippen LogP contribution in [-0.4, -0.2) is 0 Å². The summed E-state index contributed by atoms with van der Waals surface area (Å²) in [5, 5.41) is 5.01. The summed E-state index contributed by atoms with van der Waals surface area (Å²) in [5.41, 5.74) is 9.93. The van der Waals surface area contributed by atoms with E-state index in [1.54, 1.807) is 0 Å². The fraction of sp³-hybridized carbons (Fsp3) is 0.